The van der Waals surface area contributed by atoms with Gasteiger partial charge in [0.15, 0.2) is 5.96 Å². The number of ether oxygens (including phenoxy) is 2. The molecule has 0 spiro atoms. The predicted molar refractivity (Wildman–Crippen MR) is 62.5 cm³/mol. The van der Waals surface area contributed by atoms with Crippen LogP contribution in [0, 0.1) is 0 Å². The second kappa shape index (κ2) is 8.98. The van der Waals surface area contributed by atoms with Gasteiger partial charge < -0.3 is 20.5 Å². The van der Waals surface area contributed by atoms with Crippen molar-refractivity contribution < 1.29 is 22.6 Å². The average molecular weight is 271 g/mol. The van der Waals surface area contributed by atoms with Crippen LogP contribution in [0.2, 0.25) is 0 Å². The standard InChI is InChI=1S/C10H20F3N3O2/c1-8(6-17-2)16-9(14)15-4-3-5-18-7-10(11,12)13/h8H,3-7H2,1-2H3,(H3,14,15,16). The van der Waals surface area contributed by atoms with E-state index in [1.54, 1.807) is 7.11 Å². The van der Waals surface area contributed by atoms with Crippen molar-refractivity contribution in [3.05, 3.63) is 0 Å². The Morgan fingerprint density at radius 2 is 2.11 bits per heavy atom. The molecule has 1 unspecified atom stereocenters. The van der Waals surface area contributed by atoms with E-state index in [9.17, 15) is 13.2 Å². The van der Waals surface area contributed by atoms with Crippen molar-refractivity contribution in [2.45, 2.75) is 25.6 Å². The summed E-state index contributed by atoms with van der Waals surface area (Å²) in [6.07, 6.45) is -3.89. The van der Waals surface area contributed by atoms with E-state index >= 15 is 0 Å². The van der Waals surface area contributed by atoms with E-state index in [0.29, 0.717) is 19.6 Å². The largest absolute Gasteiger partial charge is 0.411 e. The molecule has 18 heavy (non-hydrogen) atoms. The third-order valence-corrected chi connectivity index (χ3v) is 1.81. The van der Waals surface area contributed by atoms with Gasteiger partial charge in [-0.05, 0) is 13.3 Å². The maximum Gasteiger partial charge on any atom is 0.411 e. The van der Waals surface area contributed by atoms with Gasteiger partial charge in [-0.3, -0.25) is 4.99 Å². The van der Waals surface area contributed by atoms with E-state index in [1.165, 1.54) is 0 Å². The monoisotopic (exact) mass is 271 g/mol. The highest BCUT2D eigenvalue weighted by Crippen LogP contribution is 2.14. The lowest BCUT2D eigenvalue weighted by atomic mass is 10.4. The SMILES string of the molecule is COCC(C)NC(N)=NCCCOCC(F)(F)F. The fraction of sp³-hybridized carbons (Fsp3) is 0.900. The van der Waals surface area contributed by atoms with Crippen LogP contribution in [0.3, 0.4) is 0 Å². The highest BCUT2D eigenvalue weighted by Gasteiger charge is 2.27. The molecule has 0 aliphatic rings. The van der Waals surface area contributed by atoms with E-state index in [4.69, 9.17) is 10.5 Å². The van der Waals surface area contributed by atoms with Crippen LogP contribution in [0.4, 0.5) is 13.2 Å². The van der Waals surface area contributed by atoms with Crippen LogP contribution < -0.4 is 11.1 Å². The first kappa shape index (κ1) is 17.0. The number of methoxy groups -OCH3 is 1. The summed E-state index contributed by atoms with van der Waals surface area (Å²) in [6, 6.07) is 0.0280. The molecule has 0 rings (SSSR count). The zero-order valence-electron chi connectivity index (χ0n) is 10.6. The smallest absolute Gasteiger partial charge is 0.383 e. The van der Waals surface area contributed by atoms with Gasteiger partial charge in [-0.1, -0.05) is 0 Å². The Morgan fingerprint density at radius 3 is 2.67 bits per heavy atom. The lowest BCUT2D eigenvalue weighted by molar-refractivity contribution is -0.173. The molecule has 0 aliphatic heterocycles. The van der Waals surface area contributed by atoms with Gasteiger partial charge in [0.25, 0.3) is 0 Å². The summed E-state index contributed by atoms with van der Waals surface area (Å²) in [5, 5.41) is 2.88. The summed E-state index contributed by atoms with van der Waals surface area (Å²) in [4.78, 5) is 3.95. The third-order valence-electron chi connectivity index (χ3n) is 1.81. The molecule has 0 amide bonds. The van der Waals surface area contributed by atoms with Crippen LogP contribution in [0.15, 0.2) is 4.99 Å². The van der Waals surface area contributed by atoms with Crippen molar-refractivity contribution in [3.8, 4) is 0 Å². The zero-order valence-corrected chi connectivity index (χ0v) is 10.6. The quantitative estimate of drug-likeness (QED) is 0.391. The second-order valence-electron chi connectivity index (χ2n) is 3.79. The van der Waals surface area contributed by atoms with Gasteiger partial charge in [0.2, 0.25) is 0 Å². The number of rotatable bonds is 8. The summed E-state index contributed by atoms with van der Waals surface area (Å²) >= 11 is 0. The highest BCUT2D eigenvalue weighted by molar-refractivity contribution is 5.78. The zero-order chi connectivity index (χ0) is 14.0. The molecule has 0 bridgehead atoms. The summed E-state index contributed by atoms with van der Waals surface area (Å²) in [7, 11) is 1.57. The van der Waals surface area contributed by atoms with Crippen molar-refractivity contribution in [1.82, 2.24) is 5.32 Å². The lowest BCUT2D eigenvalue weighted by Gasteiger charge is -2.13. The number of nitrogens with two attached hydrogens (primary N) is 1. The number of nitrogens with zero attached hydrogens (tertiary/aromatic N) is 1. The Hall–Kier alpha value is -1.02. The maximum atomic E-state index is 11.7. The molecule has 0 aromatic carbocycles. The molecule has 0 radical (unpaired) electrons. The van der Waals surface area contributed by atoms with Crippen molar-refractivity contribution in [2.24, 2.45) is 10.7 Å². The molecule has 0 fully saturated rings. The van der Waals surface area contributed by atoms with Crippen molar-refractivity contribution >= 4 is 5.96 Å². The molecule has 0 saturated heterocycles. The number of hydrogen-bond donors (Lipinski definition) is 2. The molecular weight excluding hydrogens is 251 g/mol. The maximum absolute atomic E-state index is 11.7. The van der Waals surface area contributed by atoms with Gasteiger partial charge in [-0.15, -0.1) is 0 Å². The minimum atomic E-state index is -4.28. The molecule has 0 aliphatic carbocycles. The minimum absolute atomic E-state index is 0.00388. The molecule has 0 heterocycles. The van der Waals surface area contributed by atoms with Gasteiger partial charge >= 0.3 is 6.18 Å². The Morgan fingerprint density at radius 1 is 1.44 bits per heavy atom. The molecule has 5 nitrogen and oxygen atoms in total. The van der Waals surface area contributed by atoms with Crippen LogP contribution >= 0.6 is 0 Å². The second-order valence-corrected chi connectivity index (χ2v) is 3.79. The van der Waals surface area contributed by atoms with Crippen LogP contribution in [0.1, 0.15) is 13.3 Å². The molecule has 0 saturated carbocycles. The van der Waals surface area contributed by atoms with E-state index in [1.807, 2.05) is 6.92 Å². The fourth-order valence-corrected chi connectivity index (χ4v) is 1.14. The number of nitrogens with one attached hydrogen (secondary N) is 1. The van der Waals surface area contributed by atoms with E-state index in [-0.39, 0.29) is 18.6 Å². The van der Waals surface area contributed by atoms with Crippen molar-refractivity contribution in [2.75, 3.05) is 33.5 Å². The van der Waals surface area contributed by atoms with Gasteiger partial charge in [0, 0.05) is 26.3 Å². The lowest BCUT2D eigenvalue weighted by Crippen LogP contribution is -2.40. The minimum Gasteiger partial charge on any atom is -0.383 e. The molecule has 108 valence electrons. The molecule has 1 atom stereocenters. The Bertz CT molecular complexity index is 247. The number of halogens is 3. The fourth-order valence-electron chi connectivity index (χ4n) is 1.14. The van der Waals surface area contributed by atoms with E-state index in [0.717, 1.165) is 0 Å². The number of alkyl halides is 3. The Kier molecular flexibility index (Phi) is 8.47. The van der Waals surface area contributed by atoms with E-state index in [2.05, 4.69) is 15.0 Å². The van der Waals surface area contributed by atoms with Gasteiger partial charge in [-0.25, -0.2) is 0 Å². The first-order chi connectivity index (χ1) is 8.35. The van der Waals surface area contributed by atoms with Crippen LogP contribution in [-0.4, -0.2) is 51.7 Å². The molecular formula is C10H20F3N3O2. The average Bonchev–Trinajstić information content (AvgIpc) is 2.21. The summed E-state index contributed by atoms with van der Waals surface area (Å²) < 4.78 is 44.5. The molecule has 0 aromatic rings. The summed E-state index contributed by atoms with van der Waals surface area (Å²) in [5.74, 6) is 0.246. The Labute approximate surface area is 105 Å². The summed E-state index contributed by atoms with van der Waals surface area (Å²) in [5.41, 5.74) is 5.55. The number of aliphatic imine (C=N–C) groups is 1. The topological polar surface area (TPSA) is 68.9 Å². The molecule has 0 aromatic heterocycles. The first-order valence-corrected chi connectivity index (χ1v) is 5.55. The highest BCUT2D eigenvalue weighted by atomic mass is 19.4. The summed E-state index contributed by atoms with van der Waals surface area (Å²) in [6.45, 7) is 1.46. The number of hydrogen-bond acceptors (Lipinski definition) is 3. The van der Waals surface area contributed by atoms with Crippen LogP contribution in [0.5, 0.6) is 0 Å². The third kappa shape index (κ3) is 11.5. The number of guanidine groups is 1. The predicted octanol–water partition coefficient (Wildman–Crippen LogP) is 0.895. The van der Waals surface area contributed by atoms with E-state index < -0.39 is 12.8 Å². The van der Waals surface area contributed by atoms with Crippen LogP contribution in [-0.2, 0) is 9.47 Å². The Balaban J connectivity index is 3.57. The van der Waals surface area contributed by atoms with Crippen molar-refractivity contribution in [1.29, 1.82) is 0 Å². The van der Waals surface area contributed by atoms with Gasteiger partial charge in [0.05, 0.1) is 6.61 Å². The van der Waals surface area contributed by atoms with Gasteiger partial charge in [-0.2, -0.15) is 13.2 Å². The first-order valence-electron chi connectivity index (χ1n) is 5.55. The van der Waals surface area contributed by atoms with Crippen molar-refractivity contribution in [3.63, 3.8) is 0 Å². The normalized spacial score (nSPS) is 14.6. The molecule has 3 N–H and O–H groups in total. The van der Waals surface area contributed by atoms with Crippen LogP contribution in [0.25, 0.3) is 0 Å². The van der Waals surface area contributed by atoms with Gasteiger partial charge in [0.1, 0.15) is 6.61 Å². The molecule has 8 heteroatoms.